The Balaban J connectivity index is 0.000001000. The molecule has 0 saturated carbocycles. The average molecular weight is 314 g/mol. The number of hydrogen-bond donors (Lipinski definition) is 2. The number of benzene rings is 1. The molecule has 5 nitrogen and oxygen atoms in total. The highest BCUT2D eigenvalue weighted by Gasteiger charge is 2.04. The molecular weight excluding hydrogens is 301 g/mol. The Morgan fingerprint density at radius 1 is 1.15 bits per heavy atom. The molecule has 0 unspecified atom stereocenters. The second-order valence-corrected chi connectivity index (χ2v) is 3.81. The molecule has 0 aliphatic rings. The van der Waals surface area contributed by atoms with Crippen molar-refractivity contribution in [3.8, 4) is 11.5 Å². The number of ether oxygens (including phenoxy) is 1. The van der Waals surface area contributed by atoms with Gasteiger partial charge in [-0.05, 0) is 24.3 Å². The van der Waals surface area contributed by atoms with Gasteiger partial charge in [0.2, 0.25) is 0 Å². The van der Waals surface area contributed by atoms with Crippen molar-refractivity contribution in [1.82, 2.24) is 15.0 Å². The third-order valence-corrected chi connectivity index (χ3v) is 2.52. The highest BCUT2D eigenvalue weighted by atomic mass is 35.5. The van der Waals surface area contributed by atoms with Gasteiger partial charge in [-0.3, -0.25) is 4.98 Å². The minimum absolute atomic E-state index is 0. The molecule has 20 heavy (non-hydrogen) atoms. The normalized spacial score (nSPS) is 9.65. The van der Waals surface area contributed by atoms with Crippen LogP contribution in [0, 0.1) is 0 Å². The Morgan fingerprint density at radius 3 is 2.70 bits per heavy atom. The van der Waals surface area contributed by atoms with Crippen LogP contribution in [0.2, 0.25) is 0 Å². The fourth-order valence-corrected chi connectivity index (χ4v) is 1.72. The van der Waals surface area contributed by atoms with Crippen LogP contribution in [-0.4, -0.2) is 20.1 Å². The van der Waals surface area contributed by atoms with E-state index < -0.39 is 0 Å². The number of rotatable bonds is 3. The highest BCUT2D eigenvalue weighted by molar-refractivity contribution is 5.85. The van der Waals surface area contributed by atoms with Gasteiger partial charge in [0.1, 0.15) is 23.9 Å². The summed E-state index contributed by atoms with van der Waals surface area (Å²) in [6.45, 7) is -0.104. The maximum Gasteiger partial charge on any atom is 0.145 e. The molecule has 7 heteroatoms. The standard InChI is InChI=1S/C13H11N3O2.2ClH/c17-8-13-15-11-4-3-9(6-12(11)16-13)18-10-2-1-5-14-7-10;;/h1-7,17H,8H2,(H,15,16);2*1H. The Bertz CT molecular complexity index is 674. The predicted octanol–water partition coefficient (Wildman–Crippen LogP) is 3.09. The molecule has 0 radical (unpaired) electrons. The quantitative estimate of drug-likeness (QED) is 0.779. The minimum atomic E-state index is -0.104. The lowest BCUT2D eigenvalue weighted by molar-refractivity contribution is 0.273. The SMILES string of the molecule is Cl.Cl.OCc1nc2ccc(Oc3cccnc3)cc2[nH]1. The van der Waals surface area contributed by atoms with Gasteiger partial charge in [-0.2, -0.15) is 0 Å². The zero-order valence-electron chi connectivity index (χ0n) is 10.3. The zero-order chi connectivity index (χ0) is 12.4. The first kappa shape index (κ1) is 16.2. The zero-order valence-corrected chi connectivity index (χ0v) is 11.9. The summed E-state index contributed by atoms with van der Waals surface area (Å²) in [6, 6.07) is 9.17. The summed E-state index contributed by atoms with van der Waals surface area (Å²) in [5.41, 5.74) is 1.64. The van der Waals surface area contributed by atoms with E-state index in [1.807, 2.05) is 30.3 Å². The van der Waals surface area contributed by atoms with Gasteiger partial charge in [-0.15, -0.1) is 24.8 Å². The molecule has 2 heterocycles. The topological polar surface area (TPSA) is 71.0 Å². The van der Waals surface area contributed by atoms with E-state index in [0.29, 0.717) is 17.3 Å². The summed E-state index contributed by atoms with van der Waals surface area (Å²) in [5.74, 6) is 1.92. The van der Waals surface area contributed by atoms with Crippen molar-refractivity contribution in [2.75, 3.05) is 0 Å². The number of aromatic amines is 1. The number of nitrogens with zero attached hydrogens (tertiary/aromatic N) is 2. The molecule has 2 aromatic heterocycles. The van der Waals surface area contributed by atoms with Gasteiger partial charge in [-0.1, -0.05) is 0 Å². The predicted molar refractivity (Wildman–Crippen MR) is 80.8 cm³/mol. The van der Waals surface area contributed by atoms with Crippen LogP contribution in [0.1, 0.15) is 5.82 Å². The van der Waals surface area contributed by atoms with Crippen LogP contribution < -0.4 is 4.74 Å². The van der Waals surface area contributed by atoms with E-state index in [1.165, 1.54) is 0 Å². The molecule has 2 N–H and O–H groups in total. The summed E-state index contributed by atoms with van der Waals surface area (Å²) in [4.78, 5) is 11.2. The van der Waals surface area contributed by atoms with E-state index in [0.717, 1.165) is 11.0 Å². The minimum Gasteiger partial charge on any atom is -0.456 e. The molecule has 3 rings (SSSR count). The number of halogens is 2. The summed E-state index contributed by atoms with van der Waals surface area (Å²) < 4.78 is 5.66. The average Bonchev–Trinajstić information content (AvgIpc) is 2.82. The van der Waals surface area contributed by atoms with E-state index >= 15 is 0 Å². The van der Waals surface area contributed by atoms with Crippen LogP contribution in [0.3, 0.4) is 0 Å². The lowest BCUT2D eigenvalue weighted by Crippen LogP contribution is -1.84. The first-order chi connectivity index (χ1) is 8.85. The fraction of sp³-hybridized carbons (Fsp3) is 0.0769. The van der Waals surface area contributed by atoms with Gasteiger partial charge in [0.05, 0.1) is 17.2 Å². The van der Waals surface area contributed by atoms with Gasteiger partial charge in [0, 0.05) is 12.3 Å². The largest absolute Gasteiger partial charge is 0.456 e. The first-order valence-corrected chi connectivity index (χ1v) is 5.52. The highest BCUT2D eigenvalue weighted by Crippen LogP contribution is 2.23. The van der Waals surface area contributed by atoms with Crippen LogP contribution in [-0.2, 0) is 6.61 Å². The lowest BCUT2D eigenvalue weighted by atomic mass is 10.3. The van der Waals surface area contributed by atoms with Gasteiger partial charge in [-0.25, -0.2) is 4.98 Å². The van der Waals surface area contributed by atoms with E-state index in [-0.39, 0.29) is 31.4 Å². The maximum atomic E-state index is 9.01. The molecule has 0 fully saturated rings. The number of H-pyrrole nitrogens is 1. The van der Waals surface area contributed by atoms with Crippen LogP contribution in [0.4, 0.5) is 0 Å². The number of fused-ring (bicyclic) bond motifs is 1. The summed E-state index contributed by atoms with van der Waals surface area (Å²) >= 11 is 0. The van der Waals surface area contributed by atoms with Crippen molar-refractivity contribution in [3.63, 3.8) is 0 Å². The van der Waals surface area contributed by atoms with Crippen molar-refractivity contribution < 1.29 is 9.84 Å². The summed E-state index contributed by atoms with van der Waals surface area (Å²) in [7, 11) is 0. The summed E-state index contributed by atoms with van der Waals surface area (Å²) in [6.07, 6.45) is 3.34. The molecule has 0 saturated heterocycles. The number of hydrogen-bond acceptors (Lipinski definition) is 4. The van der Waals surface area contributed by atoms with Crippen molar-refractivity contribution in [2.45, 2.75) is 6.61 Å². The van der Waals surface area contributed by atoms with Gasteiger partial charge in [0.25, 0.3) is 0 Å². The van der Waals surface area contributed by atoms with E-state index in [9.17, 15) is 0 Å². The third-order valence-electron chi connectivity index (χ3n) is 2.52. The van der Waals surface area contributed by atoms with Gasteiger partial charge in [0.15, 0.2) is 0 Å². The second kappa shape index (κ2) is 7.09. The Hall–Kier alpha value is -1.82. The number of aliphatic hydroxyl groups is 1. The molecule has 0 aliphatic carbocycles. The van der Waals surface area contributed by atoms with Crippen LogP contribution in [0.15, 0.2) is 42.7 Å². The van der Waals surface area contributed by atoms with E-state index in [1.54, 1.807) is 12.4 Å². The molecular formula is C13H13Cl2N3O2. The molecule has 0 bridgehead atoms. The molecule has 0 spiro atoms. The summed E-state index contributed by atoms with van der Waals surface area (Å²) in [5, 5.41) is 9.01. The number of nitrogens with one attached hydrogen (secondary N) is 1. The monoisotopic (exact) mass is 313 g/mol. The molecule has 106 valence electrons. The number of imidazole rings is 1. The fourth-order valence-electron chi connectivity index (χ4n) is 1.72. The smallest absolute Gasteiger partial charge is 0.145 e. The van der Waals surface area contributed by atoms with E-state index in [2.05, 4.69) is 15.0 Å². The van der Waals surface area contributed by atoms with Crippen molar-refractivity contribution >= 4 is 35.8 Å². The first-order valence-electron chi connectivity index (χ1n) is 5.52. The maximum absolute atomic E-state index is 9.01. The van der Waals surface area contributed by atoms with Crippen LogP contribution in [0.5, 0.6) is 11.5 Å². The van der Waals surface area contributed by atoms with Crippen LogP contribution in [0.25, 0.3) is 11.0 Å². The van der Waals surface area contributed by atoms with Crippen molar-refractivity contribution in [1.29, 1.82) is 0 Å². The van der Waals surface area contributed by atoms with E-state index in [4.69, 9.17) is 9.84 Å². The Kier molecular flexibility index (Phi) is 5.76. The van der Waals surface area contributed by atoms with Crippen LogP contribution >= 0.6 is 24.8 Å². The molecule has 0 aliphatic heterocycles. The Labute approximate surface area is 127 Å². The van der Waals surface area contributed by atoms with Crippen molar-refractivity contribution in [2.24, 2.45) is 0 Å². The van der Waals surface area contributed by atoms with Gasteiger partial charge >= 0.3 is 0 Å². The van der Waals surface area contributed by atoms with Gasteiger partial charge < -0.3 is 14.8 Å². The Morgan fingerprint density at radius 2 is 2.00 bits per heavy atom. The molecule has 1 aromatic carbocycles. The number of aromatic nitrogens is 3. The second-order valence-electron chi connectivity index (χ2n) is 3.81. The molecule has 3 aromatic rings. The number of pyridine rings is 1. The number of aliphatic hydroxyl groups excluding tert-OH is 1. The molecule has 0 atom stereocenters. The molecule has 0 amide bonds. The third kappa shape index (κ3) is 3.39. The lowest BCUT2D eigenvalue weighted by Gasteiger charge is -2.04. The van der Waals surface area contributed by atoms with Crippen molar-refractivity contribution in [3.05, 3.63) is 48.5 Å².